The molecule has 3 aromatic heterocycles. The van der Waals surface area contributed by atoms with E-state index in [0.717, 1.165) is 75.8 Å². The van der Waals surface area contributed by atoms with Crippen LogP contribution in [0, 0.1) is 11.3 Å². The van der Waals surface area contributed by atoms with Crippen molar-refractivity contribution in [3.63, 3.8) is 0 Å². The van der Waals surface area contributed by atoms with Crippen LogP contribution in [0.15, 0.2) is 67.0 Å². The molecule has 0 radical (unpaired) electrons. The van der Waals surface area contributed by atoms with Gasteiger partial charge in [-0.25, -0.2) is 4.98 Å². The molecule has 0 unspecified atom stereocenters. The molecule has 0 spiro atoms. The van der Waals surface area contributed by atoms with Gasteiger partial charge in [0.25, 0.3) is 0 Å². The highest BCUT2D eigenvalue weighted by atomic mass is 32.1. The predicted octanol–water partition coefficient (Wildman–Crippen LogP) is 5.89. The Kier molecular flexibility index (Phi) is 5.47. The van der Waals surface area contributed by atoms with Gasteiger partial charge >= 0.3 is 0 Å². The molecule has 2 aromatic carbocycles. The summed E-state index contributed by atoms with van der Waals surface area (Å²) in [4.78, 5) is 12.3. The number of anilines is 2. The van der Waals surface area contributed by atoms with Gasteiger partial charge in [0.05, 0.1) is 24.5 Å². The van der Waals surface area contributed by atoms with Crippen molar-refractivity contribution in [2.75, 3.05) is 31.6 Å². The minimum Gasteiger partial charge on any atom is -0.379 e. The molecule has 0 atom stereocenters. The lowest BCUT2D eigenvalue weighted by Crippen LogP contribution is -2.35. The van der Waals surface area contributed by atoms with Crippen LogP contribution in [0.25, 0.3) is 31.6 Å². The average Bonchev–Trinajstić information content (AvgIpc) is 3.53. The maximum atomic E-state index is 9.77. The first kappa shape index (κ1) is 20.9. The van der Waals surface area contributed by atoms with E-state index in [1.165, 1.54) is 5.56 Å². The molecule has 1 fully saturated rings. The summed E-state index contributed by atoms with van der Waals surface area (Å²) in [7, 11) is 0. The van der Waals surface area contributed by atoms with Crippen molar-refractivity contribution in [2.24, 2.45) is 0 Å². The van der Waals surface area contributed by atoms with Gasteiger partial charge in [0.1, 0.15) is 10.9 Å². The number of nitriles is 1. The number of aromatic amines is 1. The first-order valence-electron chi connectivity index (χ1n) is 11.3. The summed E-state index contributed by atoms with van der Waals surface area (Å²) in [6, 6.07) is 21.3. The number of hydrogen-bond acceptors (Lipinski definition) is 6. The zero-order valence-corrected chi connectivity index (χ0v) is 19.4. The number of ether oxygens (including phenoxy) is 1. The molecule has 34 heavy (non-hydrogen) atoms. The second-order valence-corrected chi connectivity index (χ2v) is 9.47. The van der Waals surface area contributed by atoms with E-state index in [4.69, 9.17) is 4.74 Å². The van der Waals surface area contributed by atoms with E-state index in [1.807, 2.05) is 30.5 Å². The van der Waals surface area contributed by atoms with Gasteiger partial charge in [0.2, 0.25) is 0 Å². The number of nitrogens with zero attached hydrogens (tertiary/aromatic N) is 3. The number of benzene rings is 2. The summed E-state index contributed by atoms with van der Waals surface area (Å²) in [6.45, 7) is 4.54. The molecule has 6 rings (SSSR count). The number of hydrogen-bond donors (Lipinski definition) is 2. The third-order valence-corrected chi connectivity index (χ3v) is 7.38. The molecule has 0 aliphatic carbocycles. The monoisotopic (exact) mass is 465 g/mol. The molecule has 0 bridgehead atoms. The van der Waals surface area contributed by atoms with Gasteiger partial charge in [-0.15, -0.1) is 11.3 Å². The molecule has 1 saturated heterocycles. The Hall–Kier alpha value is -3.70. The first-order valence-corrected chi connectivity index (χ1v) is 12.2. The smallest absolute Gasteiger partial charge is 0.126 e. The van der Waals surface area contributed by atoms with E-state index in [1.54, 1.807) is 17.5 Å². The number of nitrogens with one attached hydrogen (secondary N) is 2. The van der Waals surface area contributed by atoms with Gasteiger partial charge in [0, 0.05) is 58.9 Å². The summed E-state index contributed by atoms with van der Waals surface area (Å²) in [5.74, 6) is 0. The Morgan fingerprint density at radius 3 is 2.76 bits per heavy atom. The quantitative estimate of drug-likeness (QED) is 0.338. The highest BCUT2D eigenvalue weighted by molar-refractivity contribution is 7.21. The molecular weight excluding hydrogens is 442 g/mol. The van der Waals surface area contributed by atoms with Crippen LogP contribution < -0.4 is 5.32 Å². The lowest BCUT2D eigenvalue weighted by atomic mass is 10.1. The topological polar surface area (TPSA) is 77.0 Å². The maximum absolute atomic E-state index is 9.77. The van der Waals surface area contributed by atoms with Crippen molar-refractivity contribution in [3.8, 4) is 16.5 Å². The van der Waals surface area contributed by atoms with E-state index in [-0.39, 0.29) is 0 Å². The fraction of sp³-hybridized carbons (Fsp3) is 0.185. The number of rotatable bonds is 5. The fourth-order valence-corrected chi connectivity index (χ4v) is 5.49. The van der Waals surface area contributed by atoms with E-state index < -0.39 is 0 Å². The van der Waals surface area contributed by atoms with Gasteiger partial charge < -0.3 is 15.0 Å². The largest absolute Gasteiger partial charge is 0.379 e. The van der Waals surface area contributed by atoms with Crippen molar-refractivity contribution in [2.45, 2.75) is 6.54 Å². The van der Waals surface area contributed by atoms with Gasteiger partial charge in [-0.05, 0) is 35.4 Å². The van der Waals surface area contributed by atoms with Crippen molar-refractivity contribution in [3.05, 3.63) is 78.1 Å². The zero-order chi connectivity index (χ0) is 22.9. The van der Waals surface area contributed by atoms with Crippen LogP contribution in [-0.4, -0.2) is 41.2 Å². The van der Waals surface area contributed by atoms with Gasteiger partial charge in [-0.2, -0.15) is 5.26 Å². The van der Waals surface area contributed by atoms with Gasteiger partial charge in [-0.1, -0.05) is 30.3 Å². The number of aromatic nitrogens is 2. The number of morpholine rings is 1. The Labute approximate surface area is 201 Å². The van der Waals surface area contributed by atoms with Crippen molar-refractivity contribution < 1.29 is 4.74 Å². The van der Waals surface area contributed by atoms with E-state index in [9.17, 15) is 5.26 Å². The molecule has 2 N–H and O–H groups in total. The highest BCUT2D eigenvalue weighted by Crippen LogP contribution is 2.39. The van der Waals surface area contributed by atoms with Crippen molar-refractivity contribution in [1.29, 1.82) is 5.26 Å². The summed E-state index contributed by atoms with van der Waals surface area (Å²) in [6.07, 6.45) is 3.59. The molecule has 1 aliphatic rings. The van der Waals surface area contributed by atoms with E-state index in [0.29, 0.717) is 5.56 Å². The molecular formula is C27H23N5OS. The van der Waals surface area contributed by atoms with Crippen molar-refractivity contribution >= 4 is 43.8 Å². The first-order chi connectivity index (χ1) is 16.8. The highest BCUT2D eigenvalue weighted by Gasteiger charge is 2.15. The van der Waals surface area contributed by atoms with Crippen LogP contribution in [0.5, 0.6) is 0 Å². The van der Waals surface area contributed by atoms with Crippen molar-refractivity contribution in [1.82, 2.24) is 14.9 Å². The number of thiophene rings is 1. The Bertz CT molecular complexity index is 1510. The standard InChI is InChI=1S/C27H23N5OS/c28-15-20-16-30-27-22(26(20)31-24-3-1-2-23-21(24)8-9-29-23)14-25(34-27)19-6-4-18(5-7-19)17-32-10-12-33-13-11-32/h1-9,14,16,29H,10-13,17H2,(H,30,31). The lowest BCUT2D eigenvalue weighted by Gasteiger charge is -2.26. The normalized spacial score (nSPS) is 14.4. The van der Waals surface area contributed by atoms with Gasteiger partial charge in [-0.3, -0.25) is 4.90 Å². The summed E-state index contributed by atoms with van der Waals surface area (Å²) < 4.78 is 5.45. The number of fused-ring (bicyclic) bond motifs is 2. The molecule has 168 valence electrons. The van der Waals surface area contributed by atoms with Gasteiger partial charge in [0.15, 0.2) is 0 Å². The average molecular weight is 466 g/mol. The van der Waals surface area contributed by atoms with Crippen LogP contribution in [0.1, 0.15) is 11.1 Å². The zero-order valence-electron chi connectivity index (χ0n) is 18.5. The molecule has 1 aliphatic heterocycles. The van der Waals surface area contributed by atoms with E-state index >= 15 is 0 Å². The van der Waals surface area contributed by atoms with Crippen LogP contribution in [0.2, 0.25) is 0 Å². The minimum atomic E-state index is 0.533. The van der Waals surface area contributed by atoms with Crippen LogP contribution in [0.3, 0.4) is 0 Å². The Balaban J connectivity index is 1.33. The Morgan fingerprint density at radius 1 is 1.09 bits per heavy atom. The summed E-state index contributed by atoms with van der Waals surface area (Å²) in [5.41, 5.74) is 5.81. The molecule has 7 heteroatoms. The third kappa shape index (κ3) is 3.93. The number of H-pyrrole nitrogens is 1. The molecule has 5 aromatic rings. The van der Waals surface area contributed by atoms with Crippen LogP contribution in [-0.2, 0) is 11.3 Å². The Morgan fingerprint density at radius 2 is 1.94 bits per heavy atom. The van der Waals surface area contributed by atoms with E-state index in [2.05, 4.69) is 56.6 Å². The lowest BCUT2D eigenvalue weighted by molar-refractivity contribution is 0.0342. The summed E-state index contributed by atoms with van der Waals surface area (Å²) in [5, 5.41) is 15.3. The molecule has 4 heterocycles. The second-order valence-electron chi connectivity index (χ2n) is 8.44. The van der Waals surface area contributed by atoms with Crippen LogP contribution in [0.4, 0.5) is 11.4 Å². The molecule has 0 saturated carbocycles. The second kappa shape index (κ2) is 8.92. The maximum Gasteiger partial charge on any atom is 0.126 e. The third-order valence-electron chi connectivity index (χ3n) is 6.29. The SMILES string of the molecule is N#Cc1cnc2sc(-c3ccc(CN4CCOCC4)cc3)cc2c1Nc1cccc2[nH]ccc12. The minimum absolute atomic E-state index is 0.533. The molecule has 6 nitrogen and oxygen atoms in total. The predicted molar refractivity (Wildman–Crippen MR) is 137 cm³/mol. The van der Waals surface area contributed by atoms with Crippen LogP contribution >= 0.6 is 11.3 Å². The molecule has 0 amide bonds. The summed E-state index contributed by atoms with van der Waals surface area (Å²) >= 11 is 1.65. The number of pyridine rings is 1. The fourth-order valence-electron chi connectivity index (χ4n) is 4.47.